The summed E-state index contributed by atoms with van der Waals surface area (Å²) >= 11 is 0. The van der Waals surface area contributed by atoms with Crippen LogP contribution in [0.15, 0.2) is 16.8 Å². The van der Waals surface area contributed by atoms with Gasteiger partial charge in [-0.1, -0.05) is 5.16 Å². The van der Waals surface area contributed by atoms with E-state index >= 15 is 0 Å². The van der Waals surface area contributed by atoms with Gasteiger partial charge in [-0.2, -0.15) is 0 Å². The Bertz CT molecular complexity index is 532. The first-order chi connectivity index (χ1) is 9.10. The zero-order chi connectivity index (χ0) is 13.8. The number of methoxy groups -OCH3 is 1. The molecule has 0 radical (unpaired) electrons. The molecule has 6 nitrogen and oxygen atoms in total. The van der Waals surface area contributed by atoms with Crippen LogP contribution in [0.1, 0.15) is 30.1 Å². The molecule has 104 valence electrons. The van der Waals surface area contributed by atoms with Crippen LogP contribution in [0.25, 0.3) is 0 Å². The second-order valence-corrected chi connectivity index (χ2v) is 4.70. The van der Waals surface area contributed by atoms with Crippen LogP contribution in [0.2, 0.25) is 0 Å². The van der Waals surface area contributed by atoms with Crippen molar-refractivity contribution in [2.24, 2.45) is 0 Å². The van der Waals surface area contributed by atoms with E-state index in [1.807, 2.05) is 26.1 Å². The summed E-state index contributed by atoms with van der Waals surface area (Å²) in [5.74, 6) is 1.63. The van der Waals surface area contributed by atoms with Crippen molar-refractivity contribution in [2.45, 2.75) is 33.4 Å². The summed E-state index contributed by atoms with van der Waals surface area (Å²) in [4.78, 5) is 4.47. The number of rotatable bonds is 6. The van der Waals surface area contributed by atoms with Crippen molar-refractivity contribution in [1.82, 2.24) is 14.7 Å². The molecule has 0 spiro atoms. The highest BCUT2D eigenvalue weighted by Gasteiger charge is 2.12. The summed E-state index contributed by atoms with van der Waals surface area (Å²) in [7, 11) is 1.70. The first kappa shape index (κ1) is 13.6. The highest BCUT2D eigenvalue weighted by molar-refractivity contribution is 5.30. The highest BCUT2D eigenvalue weighted by Crippen LogP contribution is 2.17. The van der Waals surface area contributed by atoms with E-state index < -0.39 is 0 Å². The molecule has 19 heavy (non-hydrogen) atoms. The van der Waals surface area contributed by atoms with Gasteiger partial charge in [-0.25, -0.2) is 4.98 Å². The van der Waals surface area contributed by atoms with Gasteiger partial charge in [0.1, 0.15) is 11.5 Å². The smallest absolute Gasteiger partial charge is 0.203 e. The Morgan fingerprint density at radius 3 is 2.89 bits per heavy atom. The number of anilines is 1. The Hall–Kier alpha value is -1.82. The number of nitrogens with one attached hydrogen (secondary N) is 1. The van der Waals surface area contributed by atoms with Gasteiger partial charge in [-0.3, -0.25) is 0 Å². The van der Waals surface area contributed by atoms with Gasteiger partial charge in [0.25, 0.3) is 0 Å². The number of nitrogens with zero attached hydrogens (tertiary/aromatic N) is 3. The molecule has 0 aliphatic carbocycles. The van der Waals surface area contributed by atoms with Crippen molar-refractivity contribution in [3.05, 3.63) is 29.4 Å². The maximum Gasteiger partial charge on any atom is 0.203 e. The minimum absolute atomic E-state index is 0.229. The van der Waals surface area contributed by atoms with E-state index in [0.29, 0.717) is 13.2 Å². The molecule has 2 aromatic rings. The second-order valence-electron chi connectivity index (χ2n) is 4.70. The summed E-state index contributed by atoms with van der Waals surface area (Å²) in [5, 5.41) is 7.23. The van der Waals surface area contributed by atoms with Gasteiger partial charge < -0.3 is 19.1 Å². The fourth-order valence-electron chi connectivity index (χ4n) is 1.98. The van der Waals surface area contributed by atoms with E-state index in [0.717, 1.165) is 23.1 Å². The fourth-order valence-corrected chi connectivity index (χ4v) is 1.98. The molecule has 0 aliphatic heterocycles. The molecule has 0 bridgehead atoms. The normalized spacial score (nSPS) is 12.6. The van der Waals surface area contributed by atoms with Gasteiger partial charge in [0.05, 0.1) is 24.9 Å². The third-order valence-corrected chi connectivity index (χ3v) is 2.84. The zero-order valence-corrected chi connectivity index (χ0v) is 11.8. The van der Waals surface area contributed by atoms with Crippen molar-refractivity contribution >= 4 is 5.95 Å². The number of aryl methyl sites for hydroxylation is 2. The zero-order valence-electron chi connectivity index (χ0n) is 11.8. The quantitative estimate of drug-likeness (QED) is 0.867. The van der Waals surface area contributed by atoms with Gasteiger partial charge in [-0.05, 0) is 20.8 Å². The fraction of sp³-hybridized carbons (Fsp3) is 0.538. The lowest BCUT2D eigenvalue weighted by Crippen LogP contribution is -2.14. The Labute approximate surface area is 112 Å². The van der Waals surface area contributed by atoms with Crippen LogP contribution in [0.4, 0.5) is 5.95 Å². The van der Waals surface area contributed by atoms with Crippen LogP contribution in [0.3, 0.4) is 0 Å². The molecular formula is C13H20N4O2. The molecule has 0 aliphatic rings. The van der Waals surface area contributed by atoms with Gasteiger partial charge in [0, 0.05) is 19.4 Å². The largest absolute Gasteiger partial charge is 0.383 e. The van der Waals surface area contributed by atoms with E-state index in [1.54, 1.807) is 7.11 Å². The number of aromatic nitrogens is 3. The predicted octanol–water partition coefficient (Wildman–Crippen LogP) is 2.31. The van der Waals surface area contributed by atoms with Crippen LogP contribution in [-0.4, -0.2) is 28.4 Å². The Morgan fingerprint density at radius 2 is 2.26 bits per heavy atom. The molecule has 0 amide bonds. The average molecular weight is 264 g/mol. The van der Waals surface area contributed by atoms with Crippen LogP contribution in [0, 0.1) is 13.8 Å². The lowest BCUT2D eigenvalue weighted by atomic mass is 10.3. The second kappa shape index (κ2) is 5.88. The molecule has 2 aromatic heterocycles. The molecule has 0 aromatic carbocycles. The van der Waals surface area contributed by atoms with Crippen molar-refractivity contribution < 1.29 is 9.26 Å². The minimum Gasteiger partial charge on any atom is -0.383 e. The molecule has 6 heteroatoms. The summed E-state index contributed by atoms with van der Waals surface area (Å²) in [6.07, 6.45) is 2.01. The first-order valence-corrected chi connectivity index (χ1v) is 6.30. The van der Waals surface area contributed by atoms with Crippen LogP contribution >= 0.6 is 0 Å². The Morgan fingerprint density at radius 1 is 1.47 bits per heavy atom. The average Bonchev–Trinajstić information content (AvgIpc) is 2.93. The summed E-state index contributed by atoms with van der Waals surface area (Å²) < 4.78 is 12.3. The van der Waals surface area contributed by atoms with Gasteiger partial charge in [-0.15, -0.1) is 0 Å². The SMILES string of the molecule is COCC(C)n1cc(C)nc1NCc1cc(C)on1. The van der Waals surface area contributed by atoms with Crippen molar-refractivity contribution in [2.75, 3.05) is 19.0 Å². The molecular weight excluding hydrogens is 244 g/mol. The maximum absolute atomic E-state index is 5.18. The van der Waals surface area contributed by atoms with E-state index in [2.05, 4.69) is 26.9 Å². The number of ether oxygens (including phenoxy) is 1. The van der Waals surface area contributed by atoms with Crippen molar-refractivity contribution in [3.63, 3.8) is 0 Å². The molecule has 1 N–H and O–H groups in total. The van der Waals surface area contributed by atoms with Crippen molar-refractivity contribution in [1.29, 1.82) is 0 Å². The molecule has 0 saturated heterocycles. The number of hydrogen-bond acceptors (Lipinski definition) is 5. The summed E-state index contributed by atoms with van der Waals surface area (Å²) in [6, 6.07) is 2.14. The van der Waals surface area contributed by atoms with E-state index in [4.69, 9.17) is 9.26 Å². The predicted molar refractivity (Wildman–Crippen MR) is 72.1 cm³/mol. The minimum atomic E-state index is 0.229. The summed E-state index contributed by atoms with van der Waals surface area (Å²) in [5.41, 5.74) is 1.84. The Kier molecular flexibility index (Phi) is 4.21. The van der Waals surface area contributed by atoms with E-state index in [-0.39, 0.29) is 6.04 Å². The lowest BCUT2D eigenvalue weighted by molar-refractivity contribution is 0.163. The van der Waals surface area contributed by atoms with Crippen molar-refractivity contribution in [3.8, 4) is 0 Å². The highest BCUT2D eigenvalue weighted by atomic mass is 16.5. The summed E-state index contributed by atoms with van der Waals surface area (Å²) in [6.45, 7) is 7.18. The van der Waals surface area contributed by atoms with Gasteiger partial charge in [0.15, 0.2) is 0 Å². The monoisotopic (exact) mass is 264 g/mol. The number of hydrogen-bond donors (Lipinski definition) is 1. The molecule has 2 heterocycles. The molecule has 0 saturated carbocycles. The van der Waals surface area contributed by atoms with Crippen LogP contribution in [0.5, 0.6) is 0 Å². The van der Waals surface area contributed by atoms with Crippen LogP contribution < -0.4 is 5.32 Å². The third kappa shape index (κ3) is 3.35. The first-order valence-electron chi connectivity index (χ1n) is 6.30. The topological polar surface area (TPSA) is 65.1 Å². The molecule has 1 unspecified atom stereocenters. The Balaban J connectivity index is 2.07. The molecule has 1 atom stereocenters. The molecule has 2 rings (SSSR count). The lowest BCUT2D eigenvalue weighted by Gasteiger charge is -2.15. The standard InChI is InChI=1S/C13H20N4O2/c1-9-7-17(10(2)8-18-4)13(15-9)14-6-12-5-11(3)19-16-12/h5,7,10H,6,8H2,1-4H3,(H,14,15). The van der Waals surface area contributed by atoms with Gasteiger partial charge in [0.2, 0.25) is 5.95 Å². The number of imidazole rings is 1. The maximum atomic E-state index is 5.18. The van der Waals surface area contributed by atoms with Crippen LogP contribution in [-0.2, 0) is 11.3 Å². The van der Waals surface area contributed by atoms with E-state index in [1.165, 1.54) is 0 Å². The van der Waals surface area contributed by atoms with E-state index in [9.17, 15) is 0 Å². The third-order valence-electron chi connectivity index (χ3n) is 2.84. The van der Waals surface area contributed by atoms with Gasteiger partial charge >= 0.3 is 0 Å². The molecule has 0 fully saturated rings.